The predicted octanol–water partition coefficient (Wildman–Crippen LogP) is 2.49. The maximum atomic E-state index is 13.6. The van der Waals surface area contributed by atoms with Crippen LogP contribution in [0.1, 0.15) is 16.8 Å². The van der Waals surface area contributed by atoms with Crippen molar-refractivity contribution in [2.45, 2.75) is 20.8 Å². The molecule has 2 aromatic rings. The Labute approximate surface area is 105 Å². The van der Waals surface area contributed by atoms with Gasteiger partial charge < -0.3 is 5.43 Å². The minimum absolute atomic E-state index is 0.0124. The lowest BCUT2D eigenvalue weighted by Crippen LogP contribution is -2.13. The number of aromatic nitrogens is 2. The summed E-state index contributed by atoms with van der Waals surface area (Å²) >= 11 is 0. The molecule has 5 heteroatoms. The zero-order valence-corrected chi connectivity index (χ0v) is 10.6. The molecule has 0 aliphatic heterocycles. The quantitative estimate of drug-likeness (QED) is 0.631. The highest BCUT2D eigenvalue weighted by Gasteiger charge is 2.13. The molecule has 1 aromatic heterocycles. The van der Waals surface area contributed by atoms with Gasteiger partial charge in [-0.3, -0.25) is 0 Å². The third-order valence-corrected chi connectivity index (χ3v) is 3.00. The van der Waals surface area contributed by atoms with Crippen LogP contribution in [0.3, 0.4) is 0 Å². The molecule has 0 fully saturated rings. The summed E-state index contributed by atoms with van der Waals surface area (Å²) in [5.74, 6) is 5.22. The number of nitrogens with one attached hydrogen (secondary N) is 1. The lowest BCUT2D eigenvalue weighted by molar-refractivity contribution is 0.606. The molecule has 0 atom stereocenters. The molecule has 0 unspecified atom stereocenters. The van der Waals surface area contributed by atoms with Crippen LogP contribution in [0.15, 0.2) is 18.2 Å². The van der Waals surface area contributed by atoms with Gasteiger partial charge in [0.1, 0.15) is 0 Å². The number of aryl methyl sites for hydroxylation is 2. The van der Waals surface area contributed by atoms with Gasteiger partial charge in [-0.05, 0) is 31.9 Å². The molecule has 0 aliphatic carbocycles. The minimum Gasteiger partial charge on any atom is -0.306 e. The van der Waals surface area contributed by atoms with E-state index in [0.29, 0.717) is 5.82 Å². The summed E-state index contributed by atoms with van der Waals surface area (Å²) in [5, 5.41) is 0. The van der Waals surface area contributed by atoms with Crippen LogP contribution in [-0.4, -0.2) is 9.97 Å². The number of hydrogen-bond acceptors (Lipinski definition) is 4. The van der Waals surface area contributed by atoms with Crippen molar-refractivity contribution in [2.75, 3.05) is 5.43 Å². The maximum absolute atomic E-state index is 13.6. The topological polar surface area (TPSA) is 63.8 Å². The largest absolute Gasteiger partial charge is 0.306 e. The van der Waals surface area contributed by atoms with Crippen LogP contribution in [0.2, 0.25) is 0 Å². The Morgan fingerprint density at radius 2 is 1.89 bits per heavy atom. The van der Waals surface area contributed by atoms with Gasteiger partial charge in [0.2, 0.25) is 0 Å². The highest BCUT2D eigenvalue weighted by Crippen LogP contribution is 2.25. The van der Waals surface area contributed by atoms with Crippen molar-refractivity contribution in [3.05, 3.63) is 40.8 Å². The molecule has 94 valence electrons. The average molecular weight is 246 g/mol. The van der Waals surface area contributed by atoms with Gasteiger partial charge in [-0.2, -0.15) is 0 Å². The second-order valence-electron chi connectivity index (χ2n) is 4.19. The number of nitrogen functional groups attached to an aromatic ring is 1. The molecule has 3 N–H and O–H groups in total. The van der Waals surface area contributed by atoms with Crippen LogP contribution in [0.4, 0.5) is 10.2 Å². The van der Waals surface area contributed by atoms with E-state index in [1.165, 1.54) is 0 Å². The van der Waals surface area contributed by atoms with E-state index in [1.54, 1.807) is 6.92 Å². The molecule has 0 saturated carbocycles. The Morgan fingerprint density at radius 3 is 2.56 bits per heavy atom. The molecule has 0 bridgehead atoms. The van der Waals surface area contributed by atoms with Gasteiger partial charge in [0.05, 0.1) is 5.69 Å². The van der Waals surface area contributed by atoms with Crippen molar-refractivity contribution >= 4 is 5.82 Å². The standard InChI is InChI=1S/C13H15FN4/c1-7-5-4-6-10(8(7)2)12-16-9(3)11(14)13(17-12)18-15/h4-6H,15H2,1-3H3,(H,16,17,18). The fraction of sp³-hybridized carbons (Fsp3) is 0.231. The molecular formula is C13H15FN4. The summed E-state index contributed by atoms with van der Waals surface area (Å²) in [6.45, 7) is 5.59. The van der Waals surface area contributed by atoms with E-state index < -0.39 is 5.82 Å². The number of halogens is 1. The van der Waals surface area contributed by atoms with E-state index in [2.05, 4.69) is 15.4 Å². The first-order valence-corrected chi connectivity index (χ1v) is 5.62. The summed E-state index contributed by atoms with van der Waals surface area (Å²) in [6, 6.07) is 5.85. The molecule has 4 nitrogen and oxygen atoms in total. The molecule has 1 aromatic carbocycles. The summed E-state index contributed by atoms with van der Waals surface area (Å²) in [7, 11) is 0. The predicted molar refractivity (Wildman–Crippen MR) is 69.4 cm³/mol. The Balaban J connectivity index is 2.64. The molecule has 0 spiro atoms. The van der Waals surface area contributed by atoms with Gasteiger partial charge in [0.25, 0.3) is 0 Å². The Morgan fingerprint density at radius 1 is 1.17 bits per heavy atom. The SMILES string of the molecule is Cc1cccc(-c2nc(C)c(F)c(NN)n2)c1C. The molecule has 0 radical (unpaired) electrons. The molecule has 1 heterocycles. The highest BCUT2D eigenvalue weighted by atomic mass is 19.1. The second kappa shape index (κ2) is 4.70. The summed E-state index contributed by atoms with van der Waals surface area (Å²) in [4.78, 5) is 8.27. The molecule has 18 heavy (non-hydrogen) atoms. The van der Waals surface area contributed by atoms with Gasteiger partial charge >= 0.3 is 0 Å². The number of benzene rings is 1. The first-order valence-electron chi connectivity index (χ1n) is 5.62. The van der Waals surface area contributed by atoms with Crippen LogP contribution in [0, 0.1) is 26.6 Å². The zero-order chi connectivity index (χ0) is 13.3. The highest BCUT2D eigenvalue weighted by molar-refractivity contribution is 5.63. The number of hydrogen-bond donors (Lipinski definition) is 2. The molecule has 2 rings (SSSR count). The third kappa shape index (κ3) is 2.04. The monoisotopic (exact) mass is 246 g/mol. The van der Waals surface area contributed by atoms with Crippen LogP contribution in [-0.2, 0) is 0 Å². The van der Waals surface area contributed by atoms with Crippen molar-refractivity contribution in [3.8, 4) is 11.4 Å². The van der Waals surface area contributed by atoms with Gasteiger partial charge in [0, 0.05) is 5.56 Å². The summed E-state index contributed by atoms with van der Waals surface area (Å²) in [6.07, 6.45) is 0. The first kappa shape index (κ1) is 12.4. The Bertz CT molecular complexity index is 596. The summed E-state index contributed by atoms with van der Waals surface area (Å²) in [5.41, 5.74) is 5.62. The zero-order valence-electron chi connectivity index (χ0n) is 10.6. The number of hydrazine groups is 1. The normalized spacial score (nSPS) is 10.5. The molecule has 0 aliphatic rings. The van der Waals surface area contributed by atoms with E-state index in [4.69, 9.17) is 5.84 Å². The lowest BCUT2D eigenvalue weighted by atomic mass is 10.0. The van der Waals surface area contributed by atoms with E-state index in [9.17, 15) is 4.39 Å². The first-order chi connectivity index (χ1) is 8.54. The van der Waals surface area contributed by atoms with Crippen molar-refractivity contribution in [3.63, 3.8) is 0 Å². The fourth-order valence-electron chi connectivity index (χ4n) is 1.77. The van der Waals surface area contributed by atoms with Crippen LogP contribution in [0.25, 0.3) is 11.4 Å². The molecular weight excluding hydrogens is 231 g/mol. The van der Waals surface area contributed by atoms with Crippen molar-refractivity contribution < 1.29 is 4.39 Å². The summed E-state index contributed by atoms with van der Waals surface area (Å²) < 4.78 is 13.6. The van der Waals surface area contributed by atoms with Crippen molar-refractivity contribution in [1.29, 1.82) is 0 Å². The lowest BCUT2D eigenvalue weighted by Gasteiger charge is -2.10. The maximum Gasteiger partial charge on any atom is 0.187 e. The van der Waals surface area contributed by atoms with E-state index in [1.807, 2.05) is 32.0 Å². The second-order valence-corrected chi connectivity index (χ2v) is 4.19. The van der Waals surface area contributed by atoms with Gasteiger partial charge in [0.15, 0.2) is 17.5 Å². The number of rotatable bonds is 2. The van der Waals surface area contributed by atoms with E-state index in [0.717, 1.165) is 16.7 Å². The fourth-order valence-corrected chi connectivity index (χ4v) is 1.77. The average Bonchev–Trinajstić information content (AvgIpc) is 2.36. The van der Waals surface area contributed by atoms with E-state index >= 15 is 0 Å². The van der Waals surface area contributed by atoms with Gasteiger partial charge in [-0.1, -0.05) is 18.2 Å². The van der Waals surface area contributed by atoms with Crippen LogP contribution in [0.5, 0.6) is 0 Å². The number of nitrogens with zero attached hydrogens (tertiary/aromatic N) is 2. The smallest absolute Gasteiger partial charge is 0.187 e. The number of anilines is 1. The number of nitrogens with two attached hydrogens (primary N) is 1. The Hall–Kier alpha value is -2.01. The van der Waals surface area contributed by atoms with Gasteiger partial charge in [-0.25, -0.2) is 20.2 Å². The van der Waals surface area contributed by atoms with Gasteiger partial charge in [-0.15, -0.1) is 0 Å². The molecule has 0 amide bonds. The molecule has 0 saturated heterocycles. The van der Waals surface area contributed by atoms with Crippen LogP contribution >= 0.6 is 0 Å². The van der Waals surface area contributed by atoms with E-state index in [-0.39, 0.29) is 11.5 Å². The third-order valence-electron chi connectivity index (χ3n) is 3.00. The van der Waals surface area contributed by atoms with Crippen LogP contribution < -0.4 is 11.3 Å². The van der Waals surface area contributed by atoms with Crippen molar-refractivity contribution in [2.24, 2.45) is 5.84 Å². The Kier molecular flexibility index (Phi) is 3.25. The van der Waals surface area contributed by atoms with Crippen molar-refractivity contribution in [1.82, 2.24) is 9.97 Å². The minimum atomic E-state index is -0.522.